The monoisotopic (exact) mass is 721 g/mol. The number of aryl methyl sites for hydroxylation is 1. The predicted octanol–water partition coefficient (Wildman–Crippen LogP) is 5.93. The van der Waals surface area contributed by atoms with Crippen LogP contribution < -0.4 is 24.6 Å². The fraction of sp³-hybridized carbons (Fsp3) is 0.550. The quantitative estimate of drug-likeness (QED) is 0.148. The standard InChI is InChI=1S/C40H59N5O5S/c1-10-13-29-14-12-17-34(20-29)50-26-35(36(46)24-41-23-30-15-11-16-33(19-30)40(5,6)7)42-39(47)31-21-37(44(8)25-32-18-28(32)4)43-38(22-31)45(9)51(48,49)27(2)3/h11-12,14-17,19-22,27-28,32,35-36,41,46H,10,13,18,23-26H2,1-9H3,(H,42,47). The maximum Gasteiger partial charge on any atom is 0.251 e. The van der Waals surface area contributed by atoms with E-state index in [4.69, 9.17) is 4.74 Å². The lowest BCUT2D eigenvalue weighted by atomic mass is 9.86. The van der Waals surface area contributed by atoms with Gasteiger partial charge in [0, 0.05) is 39.3 Å². The minimum atomic E-state index is -3.71. The Morgan fingerprint density at radius 3 is 2.35 bits per heavy atom. The highest BCUT2D eigenvalue weighted by molar-refractivity contribution is 7.93. The molecule has 1 fully saturated rings. The molecule has 3 aromatic rings. The summed E-state index contributed by atoms with van der Waals surface area (Å²) in [5.74, 6) is 1.98. The van der Waals surface area contributed by atoms with Gasteiger partial charge in [-0.2, -0.15) is 0 Å². The van der Waals surface area contributed by atoms with Gasteiger partial charge >= 0.3 is 0 Å². The third-order valence-electron chi connectivity index (χ3n) is 9.66. The van der Waals surface area contributed by atoms with Gasteiger partial charge in [-0.3, -0.25) is 9.10 Å². The van der Waals surface area contributed by atoms with E-state index in [1.54, 1.807) is 19.9 Å². The van der Waals surface area contributed by atoms with Crippen molar-refractivity contribution < 1.29 is 23.1 Å². The number of pyridine rings is 1. The number of carbonyl (C=O) groups excluding carboxylic acids is 1. The number of aliphatic hydroxyl groups is 1. The first-order valence-electron chi connectivity index (χ1n) is 18.2. The lowest BCUT2D eigenvalue weighted by Gasteiger charge is -2.27. The molecule has 1 amide bonds. The number of hydrogen-bond donors (Lipinski definition) is 3. The summed E-state index contributed by atoms with van der Waals surface area (Å²) < 4.78 is 33.6. The van der Waals surface area contributed by atoms with E-state index in [-0.39, 0.29) is 29.9 Å². The molecule has 3 N–H and O–H groups in total. The number of hydrogen-bond acceptors (Lipinski definition) is 8. The maximum absolute atomic E-state index is 14.0. The Hall–Kier alpha value is -3.67. The summed E-state index contributed by atoms with van der Waals surface area (Å²) in [6.07, 6.45) is 2.05. The van der Waals surface area contributed by atoms with E-state index in [0.717, 1.165) is 41.2 Å². The van der Waals surface area contributed by atoms with Gasteiger partial charge in [-0.25, -0.2) is 13.4 Å². The van der Waals surface area contributed by atoms with Crippen LogP contribution in [0.3, 0.4) is 0 Å². The molecule has 4 unspecified atom stereocenters. The van der Waals surface area contributed by atoms with Crippen molar-refractivity contribution in [3.63, 3.8) is 0 Å². The average molecular weight is 722 g/mol. The largest absolute Gasteiger partial charge is 0.491 e. The SMILES string of the molecule is CCCc1cccc(OCC(NC(=O)c2cc(N(C)CC3CC3C)nc(N(C)S(=O)(=O)C(C)C)c2)C(O)CNCc2cccc(C(C)(C)C)c2)c1. The zero-order valence-electron chi connectivity index (χ0n) is 31.9. The third kappa shape index (κ3) is 11.2. The summed E-state index contributed by atoms with van der Waals surface area (Å²) in [6.45, 7) is 15.6. The first-order chi connectivity index (χ1) is 24.0. The molecule has 10 nitrogen and oxygen atoms in total. The van der Waals surface area contributed by atoms with E-state index in [9.17, 15) is 18.3 Å². The van der Waals surface area contributed by atoms with Crippen LogP contribution in [-0.2, 0) is 28.4 Å². The minimum Gasteiger partial charge on any atom is -0.491 e. The van der Waals surface area contributed by atoms with E-state index in [1.165, 1.54) is 18.7 Å². The van der Waals surface area contributed by atoms with E-state index >= 15 is 0 Å². The fourth-order valence-electron chi connectivity index (χ4n) is 5.96. The summed E-state index contributed by atoms with van der Waals surface area (Å²) in [5.41, 5.74) is 3.73. The Balaban J connectivity index is 1.58. The molecule has 11 heteroatoms. The first-order valence-corrected chi connectivity index (χ1v) is 19.7. The number of nitrogens with zero attached hydrogens (tertiary/aromatic N) is 3. The van der Waals surface area contributed by atoms with Gasteiger partial charge in [0.2, 0.25) is 10.0 Å². The van der Waals surface area contributed by atoms with Crippen LogP contribution in [0.15, 0.2) is 60.7 Å². The normalized spacial score (nSPS) is 17.2. The molecule has 1 aliphatic carbocycles. The van der Waals surface area contributed by atoms with Crippen molar-refractivity contribution in [1.82, 2.24) is 15.6 Å². The number of benzene rings is 2. The molecule has 0 saturated heterocycles. The second kappa shape index (κ2) is 17.2. The lowest BCUT2D eigenvalue weighted by molar-refractivity contribution is 0.0733. The number of rotatable bonds is 18. The number of aromatic nitrogens is 1. The van der Waals surface area contributed by atoms with Crippen molar-refractivity contribution in [2.75, 3.05) is 43.0 Å². The Kier molecular flexibility index (Phi) is 13.6. The van der Waals surface area contributed by atoms with Crippen LogP contribution in [0.1, 0.15) is 88.4 Å². The van der Waals surface area contributed by atoms with Crippen molar-refractivity contribution in [2.45, 2.75) is 97.1 Å². The average Bonchev–Trinajstić information content (AvgIpc) is 3.79. The summed E-state index contributed by atoms with van der Waals surface area (Å²) in [4.78, 5) is 20.7. The molecule has 0 aliphatic heterocycles. The predicted molar refractivity (Wildman–Crippen MR) is 207 cm³/mol. The molecule has 1 aliphatic rings. The zero-order valence-corrected chi connectivity index (χ0v) is 32.8. The Bertz CT molecular complexity index is 1720. The summed E-state index contributed by atoms with van der Waals surface area (Å²) in [5, 5.41) is 17.2. The second-order valence-electron chi connectivity index (χ2n) is 15.4. The molecule has 0 radical (unpaired) electrons. The van der Waals surface area contributed by atoms with E-state index in [0.29, 0.717) is 29.9 Å². The van der Waals surface area contributed by atoms with Crippen molar-refractivity contribution in [3.8, 4) is 5.75 Å². The number of nitrogens with one attached hydrogen (secondary N) is 2. The van der Waals surface area contributed by atoms with E-state index in [2.05, 4.69) is 74.5 Å². The van der Waals surface area contributed by atoms with Crippen molar-refractivity contribution in [2.24, 2.45) is 11.8 Å². The van der Waals surface area contributed by atoms with Gasteiger partial charge in [0.05, 0.1) is 17.4 Å². The smallest absolute Gasteiger partial charge is 0.251 e. The lowest BCUT2D eigenvalue weighted by Crippen LogP contribution is -2.50. The summed E-state index contributed by atoms with van der Waals surface area (Å²) in [6, 6.07) is 18.6. The number of ether oxygens (including phenoxy) is 1. The van der Waals surface area contributed by atoms with Crippen LogP contribution in [-0.4, -0.2) is 75.6 Å². The highest BCUT2D eigenvalue weighted by Crippen LogP contribution is 2.38. The fourth-order valence-corrected chi connectivity index (χ4v) is 6.94. The molecule has 51 heavy (non-hydrogen) atoms. The van der Waals surface area contributed by atoms with Crippen LogP contribution in [0, 0.1) is 11.8 Å². The van der Waals surface area contributed by atoms with Gasteiger partial charge in [0.15, 0.2) is 0 Å². The second-order valence-corrected chi connectivity index (χ2v) is 17.9. The highest BCUT2D eigenvalue weighted by Gasteiger charge is 2.34. The summed E-state index contributed by atoms with van der Waals surface area (Å²) >= 11 is 0. The number of anilines is 2. The minimum absolute atomic E-state index is 0.0161. The Morgan fingerprint density at radius 2 is 1.71 bits per heavy atom. The summed E-state index contributed by atoms with van der Waals surface area (Å²) in [7, 11) is -0.341. The van der Waals surface area contributed by atoms with Crippen LogP contribution in [0.5, 0.6) is 5.75 Å². The number of carbonyl (C=O) groups is 1. The van der Waals surface area contributed by atoms with Gasteiger partial charge in [-0.1, -0.05) is 77.4 Å². The van der Waals surface area contributed by atoms with Gasteiger partial charge in [0.1, 0.15) is 24.0 Å². The Morgan fingerprint density at radius 1 is 1.04 bits per heavy atom. The molecule has 1 aromatic heterocycles. The third-order valence-corrected chi connectivity index (χ3v) is 11.8. The highest BCUT2D eigenvalue weighted by atomic mass is 32.2. The first kappa shape index (κ1) is 40.1. The van der Waals surface area contributed by atoms with Crippen LogP contribution >= 0.6 is 0 Å². The van der Waals surface area contributed by atoms with Crippen molar-refractivity contribution >= 4 is 27.6 Å². The molecule has 2 aromatic carbocycles. The topological polar surface area (TPSA) is 124 Å². The molecule has 1 saturated carbocycles. The van der Waals surface area contributed by atoms with Gasteiger partial charge in [-0.05, 0) is 84.9 Å². The zero-order chi connectivity index (χ0) is 37.5. The van der Waals surface area contributed by atoms with Crippen LogP contribution in [0.25, 0.3) is 0 Å². The van der Waals surface area contributed by atoms with Crippen LogP contribution in [0.2, 0.25) is 0 Å². The maximum atomic E-state index is 14.0. The van der Waals surface area contributed by atoms with Gasteiger partial charge in [-0.15, -0.1) is 0 Å². The molecule has 1 heterocycles. The molecule has 280 valence electrons. The van der Waals surface area contributed by atoms with Crippen molar-refractivity contribution in [3.05, 3.63) is 82.9 Å². The molecular weight excluding hydrogens is 663 g/mol. The molecule has 0 spiro atoms. The van der Waals surface area contributed by atoms with Crippen molar-refractivity contribution in [1.29, 1.82) is 0 Å². The number of aliphatic hydroxyl groups excluding tert-OH is 1. The van der Waals surface area contributed by atoms with Gasteiger partial charge in [0.25, 0.3) is 5.91 Å². The van der Waals surface area contributed by atoms with Crippen LogP contribution in [0.4, 0.5) is 11.6 Å². The molecule has 4 atom stereocenters. The number of sulfonamides is 1. The molecule has 4 rings (SSSR count). The van der Waals surface area contributed by atoms with E-state index < -0.39 is 33.3 Å². The molecule has 0 bridgehead atoms. The number of amides is 1. The Labute approximate surface area is 306 Å². The molecular formula is C40H59N5O5S. The van der Waals surface area contributed by atoms with E-state index in [1.807, 2.05) is 36.2 Å². The van der Waals surface area contributed by atoms with Gasteiger partial charge < -0.3 is 25.4 Å².